The standard InChI is InChI=1S/C16H22N4O2/c1-2-5-16(11-21)6-9-19(10-7-16)15(22)13-4-3-8-20-12-17-18-14(13)20/h3-4,8,12,21H,2,5-7,9-11H2,1H3. The van der Waals surface area contributed by atoms with Gasteiger partial charge in [-0.1, -0.05) is 13.3 Å². The number of fused-ring (bicyclic) bond motifs is 1. The zero-order valence-corrected chi connectivity index (χ0v) is 12.9. The molecule has 1 fully saturated rings. The maximum absolute atomic E-state index is 12.8. The number of carbonyl (C=O) groups excluding carboxylic acids is 1. The molecule has 0 aromatic carbocycles. The zero-order valence-electron chi connectivity index (χ0n) is 12.9. The number of aromatic nitrogens is 3. The summed E-state index contributed by atoms with van der Waals surface area (Å²) >= 11 is 0. The number of hydrogen-bond acceptors (Lipinski definition) is 4. The first-order chi connectivity index (χ1) is 10.7. The lowest BCUT2D eigenvalue weighted by molar-refractivity contribution is 0.0310. The first-order valence-corrected chi connectivity index (χ1v) is 7.87. The summed E-state index contributed by atoms with van der Waals surface area (Å²) in [6.45, 7) is 3.73. The molecule has 1 saturated heterocycles. The normalized spacial score (nSPS) is 17.8. The number of aliphatic hydroxyl groups excluding tert-OH is 1. The van der Waals surface area contributed by atoms with Crippen molar-refractivity contribution >= 4 is 11.6 Å². The minimum Gasteiger partial charge on any atom is -0.396 e. The highest BCUT2D eigenvalue weighted by Crippen LogP contribution is 2.36. The number of hydrogen-bond donors (Lipinski definition) is 1. The van der Waals surface area contributed by atoms with Crippen LogP contribution >= 0.6 is 0 Å². The van der Waals surface area contributed by atoms with E-state index < -0.39 is 0 Å². The molecule has 1 N–H and O–H groups in total. The molecule has 0 unspecified atom stereocenters. The Balaban J connectivity index is 1.76. The molecule has 6 nitrogen and oxygen atoms in total. The average molecular weight is 302 g/mol. The van der Waals surface area contributed by atoms with Gasteiger partial charge in [-0.2, -0.15) is 0 Å². The molecule has 2 aromatic rings. The molecule has 118 valence electrons. The molecular weight excluding hydrogens is 280 g/mol. The van der Waals surface area contributed by atoms with Gasteiger partial charge < -0.3 is 10.0 Å². The summed E-state index contributed by atoms with van der Waals surface area (Å²) in [5, 5.41) is 17.6. The van der Waals surface area contributed by atoms with Crippen molar-refractivity contribution in [1.82, 2.24) is 19.5 Å². The van der Waals surface area contributed by atoms with Gasteiger partial charge in [0.2, 0.25) is 0 Å². The Morgan fingerprint density at radius 2 is 2.18 bits per heavy atom. The minimum atomic E-state index is -0.00754. The van der Waals surface area contributed by atoms with E-state index in [1.165, 1.54) is 0 Å². The van der Waals surface area contributed by atoms with E-state index in [1.54, 1.807) is 16.8 Å². The van der Waals surface area contributed by atoms with Crippen LogP contribution in [0.5, 0.6) is 0 Å². The molecule has 3 rings (SSSR count). The quantitative estimate of drug-likeness (QED) is 0.934. The number of carbonyl (C=O) groups is 1. The monoisotopic (exact) mass is 302 g/mol. The SMILES string of the molecule is CCCC1(CO)CCN(C(=O)c2cccn3cnnc23)CC1. The summed E-state index contributed by atoms with van der Waals surface area (Å²) in [4.78, 5) is 14.6. The third-order valence-electron chi connectivity index (χ3n) is 4.78. The van der Waals surface area contributed by atoms with Crippen LogP contribution < -0.4 is 0 Å². The van der Waals surface area contributed by atoms with Gasteiger partial charge in [-0.05, 0) is 36.8 Å². The molecule has 1 aliphatic rings. The molecule has 0 radical (unpaired) electrons. The van der Waals surface area contributed by atoms with Gasteiger partial charge in [0.25, 0.3) is 5.91 Å². The Hall–Kier alpha value is -1.95. The lowest BCUT2D eigenvalue weighted by Crippen LogP contribution is -2.44. The van der Waals surface area contributed by atoms with Crippen molar-refractivity contribution in [2.24, 2.45) is 5.41 Å². The number of piperidine rings is 1. The van der Waals surface area contributed by atoms with E-state index in [2.05, 4.69) is 17.1 Å². The Labute approximate surface area is 129 Å². The van der Waals surface area contributed by atoms with Crippen LogP contribution in [-0.2, 0) is 0 Å². The maximum Gasteiger partial charge on any atom is 0.257 e. The summed E-state index contributed by atoms with van der Waals surface area (Å²) in [5.41, 5.74) is 1.18. The van der Waals surface area contributed by atoms with E-state index in [1.807, 2.05) is 17.2 Å². The van der Waals surface area contributed by atoms with Crippen LogP contribution in [0.4, 0.5) is 0 Å². The topological polar surface area (TPSA) is 70.7 Å². The van der Waals surface area contributed by atoms with Gasteiger partial charge in [0.05, 0.1) is 5.56 Å². The summed E-state index contributed by atoms with van der Waals surface area (Å²) < 4.78 is 1.76. The molecule has 3 heterocycles. The van der Waals surface area contributed by atoms with Crippen molar-refractivity contribution in [3.05, 3.63) is 30.2 Å². The number of aliphatic hydroxyl groups is 1. The van der Waals surface area contributed by atoms with Crippen LogP contribution in [-0.4, -0.2) is 50.2 Å². The van der Waals surface area contributed by atoms with Gasteiger partial charge in [-0.3, -0.25) is 9.20 Å². The molecule has 1 amide bonds. The van der Waals surface area contributed by atoms with Crippen molar-refractivity contribution in [3.8, 4) is 0 Å². The lowest BCUT2D eigenvalue weighted by atomic mass is 9.75. The summed E-state index contributed by atoms with van der Waals surface area (Å²) in [5.74, 6) is 0.00152. The predicted molar refractivity (Wildman–Crippen MR) is 82.6 cm³/mol. The van der Waals surface area contributed by atoms with Crippen molar-refractivity contribution in [2.75, 3.05) is 19.7 Å². The van der Waals surface area contributed by atoms with Crippen LogP contribution in [0.25, 0.3) is 5.65 Å². The maximum atomic E-state index is 12.8. The summed E-state index contributed by atoms with van der Waals surface area (Å²) in [6.07, 6.45) is 7.23. The molecule has 1 aliphatic heterocycles. The Kier molecular flexibility index (Phi) is 4.11. The van der Waals surface area contributed by atoms with Crippen LogP contribution in [0, 0.1) is 5.41 Å². The fourth-order valence-corrected chi connectivity index (χ4v) is 3.39. The molecule has 0 atom stereocenters. The van der Waals surface area contributed by atoms with Crippen molar-refractivity contribution < 1.29 is 9.90 Å². The largest absolute Gasteiger partial charge is 0.396 e. The fraction of sp³-hybridized carbons (Fsp3) is 0.562. The van der Waals surface area contributed by atoms with Gasteiger partial charge in [0, 0.05) is 25.9 Å². The molecular formula is C16H22N4O2. The first-order valence-electron chi connectivity index (χ1n) is 7.87. The molecule has 0 saturated carbocycles. The summed E-state index contributed by atoms with van der Waals surface area (Å²) in [7, 11) is 0. The third-order valence-corrected chi connectivity index (χ3v) is 4.78. The Morgan fingerprint density at radius 1 is 1.41 bits per heavy atom. The van der Waals surface area contributed by atoms with Crippen molar-refractivity contribution in [2.45, 2.75) is 32.6 Å². The number of pyridine rings is 1. The van der Waals surface area contributed by atoms with E-state index in [0.717, 1.165) is 25.7 Å². The predicted octanol–water partition coefficient (Wildman–Crippen LogP) is 1.74. The van der Waals surface area contributed by atoms with Gasteiger partial charge in [0.1, 0.15) is 6.33 Å². The second-order valence-electron chi connectivity index (χ2n) is 6.18. The molecule has 6 heteroatoms. The minimum absolute atomic E-state index is 0.00152. The second-order valence-corrected chi connectivity index (χ2v) is 6.18. The number of rotatable bonds is 4. The number of likely N-dealkylation sites (tertiary alicyclic amines) is 1. The highest BCUT2D eigenvalue weighted by atomic mass is 16.3. The van der Waals surface area contributed by atoms with Crippen LogP contribution in [0.3, 0.4) is 0 Å². The van der Waals surface area contributed by atoms with Crippen LogP contribution in [0.2, 0.25) is 0 Å². The second kappa shape index (κ2) is 6.04. The third kappa shape index (κ3) is 2.59. The molecule has 0 bridgehead atoms. The number of amides is 1. The van der Waals surface area contributed by atoms with E-state index in [4.69, 9.17) is 0 Å². The first kappa shape index (κ1) is 15.0. The van der Waals surface area contributed by atoms with E-state index in [0.29, 0.717) is 24.3 Å². The van der Waals surface area contributed by atoms with Crippen LogP contribution in [0.1, 0.15) is 43.0 Å². The summed E-state index contributed by atoms with van der Waals surface area (Å²) in [6, 6.07) is 3.63. The highest BCUT2D eigenvalue weighted by molar-refractivity contribution is 5.99. The van der Waals surface area contributed by atoms with E-state index in [-0.39, 0.29) is 17.9 Å². The highest BCUT2D eigenvalue weighted by Gasteiger charge is 2.35. The molecule has 0 aliphatic carbocycles. The van der Waals surface area contributed by atoms with Crippen molar-refractivity contribution in [3.63, 3.8) is 0 Å². The van der Waals surface area contributed by atoms with Gasteiger partial charge in [0.15, 0.2) is 5.65 Å². The number of nitrogens with zero attached hydrogens (tertiary/aromatic N) is 4. The lowest BCUT2D eigenvalue weighted by Gasteiger charge is -2.40. The molecule has 2 aromatic heterocycles. The van der Waals surface area contributed by atoms with Crippen molar-refractivity contribution in [1.29, 1.82) is 0 Å². The van der Waals surface area contributed by atoms with E-state index >= 15 is 0 Å². The van der Waals surface area contributed by atoms with E-state index in [9.17, 15) is 9.90 Å². The smallest absolute Gasteiger partial charge is 0.257 e. The Bertz CT molecular complexity index is 659. The van der Waals surface area contributed by atoms with Gasteiger partial charge in [-0.15, -0.1) is 10.2 Å². The van der Waals surface area contributed by atoms with Gasteiger partial charge >= 0.3 is 0 Å². The Morgan fingerprint density at radius 3 is 2.86 bits per heavy atom. The zero-order chi connectivity index (χ0) is 15.6. The fourth-order valence-electron chi connectivity index (χ4n) is 3.39. The average Bonchev–Trinajstić information content (AvgIpc) is 3.03. The molecule has 22 heavy (non-hydrogen) atoms. The molecule has 0 spiro atoms. The van der Waals surface area contributed by atoms with Crippen LogP contribution in [0.15, 0.2) is 24.7 Å². The van der Waals surface area contributed by atoms with Gasteiger partial charge in [-0.25, -0.2) is 0 Å².